The van der Waals surface area contributed by atoms with Crippen molar-refractivity contribution < 1.29 is 0 Å². The maximum absolute atomic E-state index is 6.11. The minimum absolute atomic E-state index is 0.202. The molecule has 1 atom stereocenters. The van der Waals surface area contributed by atoms with E-state index in [4.69, 9.17) is 5.73 Å². The van der Waals surface area contributed by atoms with Gasteiger partial charge in [-0.05, 0) is 34.2 Å². The van der Waals surface area contributed by atoms with E-state index in [-0.39, 0.29) is 6.04 Å². The van der Waals surface area contributed by atoms with Gasteiger partial charge in [-0.1, -0.05) is 18.2 Å². The van der Waals surface area contributed by atoms with E-state index < -0.39 is 0 Å². The van der Waals surface area contributed by atoms with E-state index in [2.05, 4.69) is 32.6 Å². The van der Waals surface area contributed by atoms with Gasteiger partial charge in [-0.15, -0.1) is 0 Å². The van der Waals surface area contributed by atoms with Crippen LogP contribution in [0.3, 0.4) is 0 Å². The van der Waals surface area contributed by atoms with Gasteiger partial charge in [0.2, 0.25) is 0 Å². The van der Waals surface area contributed by atoms with Crippen LogP contribution < -0.4 is 5.73 Å². The summed E-state index contributed by atoms with van der Waals surface area (Å²) >= 11 is 2.27. The molecule has 1 unspecified atom stereocenters. The van der Waals surface area contributed by atoms with Crippen LogP contribution in [0.4, 0.5) is 0 Å². The summed E-state index contributed by atoms with van der Waals surface area (Å²) in [7, 11) is 0. The quantitative estimate of drug-likeness (QED) is 0.865. The first-order valence-corrected chi connectivity index (χ1v) is 5.63. The van der Waals surface area contributed by atoms with Crippen LogP contribution in [0.5, 0.6) is 0 Å². The fraction of sp³-hybridized carbons (Fsp3) is 0.0909. The Bertz CT molecular complexity index is 445. The Balaban J connectivity index is 2.37. The monoisotopic (exact) mass is 311 g/mol. The number of hydrogen-bond donors (Lipinski definition) is 1. The van der Waals surface area contributed by atoms with Crippen molar-refractivity contribution in [3.8, 4) is 0 Å². The van der Waals surface area contributed by atoms with Crippen molar-refractivity contribution in [3.05, 3.63) is 57.7 Å². The molecule has 0 aliphatic heterocycles. The molecule has 4 heteroatoms. The Morgan fingerprint density at radius 3 is 2.67 bits per heavy atom. The van der Waals surface area contributed by atoms with Gasteiger partial charge in [-0.3, -0.25) is 9.97 Å². The highest BCUT2D eigenvalue weighted by atomic mass is 127. The molecule has 0 bridgehead atoms. The first kappa shape index (κ1) is 10.5. The molecular weight excluding hydrogens is 301 g/mol. The molecule has 0 spiro atoms. The Morgan fingerprint density at radius 1 is 1.20 bits per heavy atom. The lowest BCUT2D eigenvalue weighted by atomic mass is 10.1. The fourth-order valence-corrected chi connectivity index (χ4v) is 2.08. The highest BCUT2D eigenvalue weighted by molar-refractivity contribution is 14.1. The normalized spacial score (nSPS) is 12.4. The molecule has 0 fully saturated rings. The first-order chi connectivity index (χ1) is 7.29. The van der Waals surface area contributed by atoms with Crippen molar-refractivity contribution in [3.63, 3.8) is 0 Å². The molecule has 2 aromatic rings. The average Bonchev–Trinajstić information content (AvgIpc) is 2.30. The molecule has 1 heterocycles. The van der Waals surface area contributed by atoms with Gasteiger partial charge >= 0.3 is 0 Å². The summed E-state index contributed by atoms with van der Waals surface area (Å²) in [6.45, 7) is 0. The van der Waals surface area contributed by atoms with Crippen molar-refractivity contribution in [2.75, 3.05) is 0 Å². The Hall–Kier alpha value is -1.01. The van der Waals surface area contributed by atoms with Gasteiger partial charge in [-0.2, -0.15) is 0 Å². The predicted octanol–water partition coefficient (Wildman–Crippen LogP) is 2.13. The largest absolute Gasteiger partial charge is 0.319 e. The van der Waals surface area contributed by atoms with E-state index >= 15 is 0 Å². The van der Waals surface area contributed by atoms with Crippen molar-refractivity contribution in [2.24, 2.45) is 5.73 Å². The van der Waals surface area contributed by atoms with Crippen molar-refractivity contribution in [1.29, 1.82) is 0 Å². The molecule has 0 saturated heterocycles. The predicted molar refractivity (Wildman–Crippen MR) is 67.2 cm³/mol. The van der Waals surface area contributed by atoms with Gasteiger partial charge in [0, 0.05) is 16.0 Å². The van der Waals surface area contributed by atoms with E-state index in [1.165, 1.54) is 0 Å². The molecule has 76 valence electrons. The summed E-state index contributed by atoms with van der Waals surface area (Å²) in [5, 5.41) is 0. The molecule has 1 aromatic heterocycles. The van der Waals surface area contributed by atoms with Gasteiger partial charge in [0.25, 0.3) is 0 Å². The third-order valence-corrected chi connectivity index (χ3v) is 3.12. The summed E-state index contributed by atoms with van der Waals surface area (Å²) in [6.07, 6.45) is 5.00. The second kappa shape index (κ2) is 4.67. The molecule has 3 nitrogen and oxygen atoms in total. The van der Waals surface area contributed by atoms with Crippen LogP contribution in [0.1, 0.15) is 17.3 Å². The SMILES string of the molecule is NC(c1cnccn1)c1ccccc1I. The lowest BCUT2D eigenvalue weighted by molar-refractivity contribution is 0.813. The summed E-state index contributed by atoms with van der Waals surface area (Å²) in [6, 6.07) is 7.82. The molecule has 0 radical (unpaired) electrons. The second-order valence-electron chi connectivity index (χ2n) is 3.13. The Morgan fingerprint density at radius 2 is 2.00 bits per heavy atom. The maximum atomic E-state index is 6.11. The van der Waals surface area contributed by atoms with E-state index in [1.54, 1.807) is 18.6 Å². The first-order valence-electron chi connectivity index (χ1n) is 4.55. The highest BCUT2D eigenvalue weighted by Gasteiger charge is 2.12. The second-order valence-corrected chi connectivity index (χ2v) is 4.29. The highest BCUT2D eigenvalue weighted by Crippen LogP contribution is 2.21. The minimum atomic E-state index is -0.202. The number of halogens is 1. The topological polar surface area (TPSA) is 51.8 Å². The average molecular weight is 311 g/mol. The molecule has 15 heavy (non-hydrogen) atoms. The van der Waals surface area contributed by atoms with Gasteiger partial charge in [0.1, 0.15) is 0 Å². The van der Waals surface area contributed by atoms with Gasteiger partial charge in [0.15, 0.2) is 0 Å². The smallest absolute Gasteiger partial charge is 0.0799 e. The van der Waals surface area contributed by atoms with Crippen molar-refractivity contribution in [2.45, 2.75) is 6.04 Å². The Kier molecular flexibility index (Phi) is 3.27. The van der Waals surface area contributed by atoms with Crippen LogP contribution in [0.15, 0.2) is 42.9 Å². The number of nitrogens with two attached hydrogens (primary N) is 1. The Labute approximate surface area is 102 Å². The zero-order chi connectivity index (χ0) is 10.7. The van der Waals surface area contributed by atoms with Gasteiger partial charge in [0.05, 0.1) is 17.9 Å². The lowest BCUT2D eigenvalue weighted by Crippen LogP contribution is -2.14. The van der Waals surface area contributed by atoms with Gasteiger partial charge < -0.3 is 5.73 Å². The number of hydrogen-bond acceptors (Lipinski definition) is 3. The van der Waals surface area contributed by atoms with Crippen LogP contribution >= 0.6 is 22.6 Å². The number of nitrogens with zero attached hydrogens (tertiary/aromatic N) is 2. The number of benzene rings is 1. The van der Waals surface area contributed by atoms with Crippen LogP contribution in [-0.4, -0.2) is 9.97 Å². The molecule has 0 aliphatic carbocycles. The summed E-state index contributed by atoms with van der Waals surface area (Å²) in [4.78, 5) is 8.22. The van der Waals surface area contributed by atoms with Crippen LogP contribution in [0.2, 0.25) is 0 Å². The maximum Gasteiger partial charge on any atom is 0.0799 e. The summed E-state index contributed by atoms with van der Waals surface area (Å²) < 4.78 is 1.15. The number of aromatic nitrogens is 2. The summed E-state index contributed by atoms with van der Waals surface area (Å²) in [5.74, 6) is 0. The molecule has 0 saturated carbocycles. The minimum Gasteiger partial charge on any atom is -0.319 e. The third kappa shape index (κ3) is 2.32. The van der Waals surface area contributed by atoms with E-state index in [1.807, 2.05) is 24.3 Å². The van der Waals surface area contributed by atoms with Crippen molar-refractivity contribution in [1.82, 2.24) is 9.97 Å². The molecular formula is C11H10IN3. The summed E-state index contributed by atoms with van der Waals surface area (Å²) in [5.41, 5.74) is 7.99. The zero-order valence-corrected chi connectivity index (χ0v) is 10.1. The van der Waals surface area contributed by atoms with Crippen LogP contribution in [0.25, 0.3) is 0 Å². The molecule has 1 aromatic carbocycles. The molecule has 0 amide bonds. The van der Waals surface area contributed by atoms with Crippen LogP contribution in [-0.2, 0) is 0 Å². The van der Waals surface area contributed by atoms with Gasteiger partial charge in [-0.25, -0.2) is 0 Å². The van der Waals surface area contributed by atoms with E-state index in [9.17, 15) is 0 Å². The molecule has 2 rings (SSSR count). The molecule has 2 N–H and O–H groups in total. The zero-order valence-electron chi connectivity index (χ0n) is 7.97. The number of rotatable bonds is 2. The van der Waals surface area contributed by atoms with E-state index in [0.29, 0.717) is 0 Å². The standard InChI is InChI=1S/C11H10IN3/c12-9-4-2-1-3-8(9)11(13)10-7-14-5-6-15-10/h1-7,11H,13H2. The third-order valence-electron chi connectivity index (χ3n) is 2.14. The fourth-order valence-electron chi connectivity index (χ4n) is 1.36. The van der Waals surface area contributed by atoms with E-state index in [0.717, 1.165) is 14.8 Å². The van der Waals surface area contributed by atoms with Crippen molar-refractivity contribution >= 4 is 22.6 Å². The van der Waals surface area contributed by atoms with Crippen LogP contribution in [0, 0.1) is 3.57 Å². The lowest BCUT2D eigenvalue weighted by Gasteiger charge is -2.12. The molecule has 0 aliphatic rings.